The Morgan fingerprint density at radius 2 is 1.79 bits per heavy atom. The zero-order chi connectivity index (χ0) is 28.4. The molecule has 2 heterocycles. The topological polar surface area (TPSA) is 88.8 Å². The maximum atomic E-state index is 13.0. The average Bonchev–Trinajstić information content (AvgIpc) is 2.86. The van der Waals surface area contributed by atoms with E-state index in [2.05, 4.69) is 28.8 Å². The standard InChI is InChI=1S/C29H31F3N2O5/c1-18-15-19(25-21(16-18)23(35)17-24(38-25)34-13-10-28(2,3)11-14-34)7-6-12-33-22-9-5-4-8-20(22)26(36)39-27(37)29(30,31)32/h4-5,8-9,15-17,33H,6-7,10-14H2,1-3H3. The molecule has 1 aliphatic rings. The summed E-state index contributed by atoms with van der Waals surface area (Å²) in [7, 11) is 0. The quantitative estimate of drug-likeness (QED) is 0.221. The Bertz CT molecular complexity index is 1440. The minimum atomic E-state index is -5.27. The number of anilines is 2. The number of hydrogen-bond acceptors (Lipinski definition) is 7. The number of fused-ring (bicyclic) bond motifs is 1. The third-order valence-electron chi connectivity index (χ3n) is 6.97. The zero-order valence-electron chi connectivity index (χ0n) is 22.1. The highest BCUT2D eigenvalue weighted by Crippen LogP contribution is 2.33. The minimum Gasteiger partial charge on any atom is -0.440 e. The second-order valence-corrected chi connectivity index (χ2v) is 10.7. The second-order valence-electron chi connectivity index (χ2n) is 10.7. The molecule has 1 fully saturated rings. The number of piperidine rings is 1. The van der Waals surface area contributed by atoms with Gasteiger partial charge in [-0.05, 0) is 67.3 Å². The number of para-hydroxylation sites is 1. The lowest BCUT2D eigenvalue weighted by atomic mass is 9.83. The summed E-state index contributed by atoms with van der Waals surface area (Å²) in [5.41, 5.74) is 2.55. The van der Waals surface area contributed by atoms with Crippen molar-refractivity contribution in [1.29, 1.82) is 0 Å². The molecule has 0 atom stereocenters. The van der Waals surface area contributed by atoms with Gasteiger partial charge in [0, 0.05) is 31.4 Å². The Hall–Kier alpha value is -3.82. The fraction of sp³-hybridized carbons (Fsp3) is 0.414. The van der Waals surface area contributed by atoms with Crippen molar-refractivity contribution in [3.8, 4) is 0 Å². The van der Waals surface area contributed by atoms with E-state index in [0.717, 1.165) is 37.1 Å². The Kier molecular flexibility index (Phi) is 8.04. The van der Waals surface area contributed by atoms with Gasteiger partial charge < -0.3 is 19.4 Å². The number of alkyl halides is 3. The Labute approximate surface area is 223 Å². The number of carbonyl (C=O) groups excluding carboxylic acids is 2. The number of ether oxygens (including phenoxy) is 1. The molecule has 1 saturated heterocycles. The lowest BCUT2D eigenvalue weighted by molar-refractivity contribution is -0.193. The molecule has 1 aliphatic heterocycles. The molecule has 0 amide bonds. The summed E-state index contributed by atoms with van der Waals surface area (Å²) < 4.78 is 47.7. The minimum absolute atomic E-state index is 0.0972. The first-order valence-electron chi connectivity index (χ1n) is 12.8. The zero-order valence-corrected chi connectivity index (χ0v) is 22.1. The maximum absolute atomic E-state index is 13.0. The van der Waals surface area contributed by atoms with Gasteiger partial charge in [0.1, 0.15) is 5.58 Å². The smallest absolute Gasteiger partial charge is 0.440 e. The van der Waals surface area contributed by atoms with Gasteiger partial charge in [0.15, 0.2) is 11.3 Å². The van der Waals surface area contributed by atoms with Crippen LogP contribution in [0.25, 0.3) is 11.0 Å². The summed E-state index contributed by atoms with van der Waals surface area (Å²) in [6, 6.07) is 11.2. The number of aryl methyl sites for hydroxylation is 2. The van der Waals surface area contributed by atoms with Crippen LogP contribution in [0.1, 0.15) is 54.6 Å². The number of nitrogens with zero attached hydrogens (tertiary/aromatic N) is 1. The summed E-state index contributed by atoms with van der Waals surface area (Å²) >= 11 is 0. The highest BCUT2D eigenvalue weighted by molar-refractivity contribution is 6.02. The highest BCUT2D eigenvalue weighted by Gasteiger charge is 2.42. The molecule has 208 valence electrons. The second kappa shape index (κ2) is 11.1. The van der Waals surface area contributed by atoms with Gasteiger partial charge in [-0.2, -0.15) is 13.2 Å². The van der Waals surface area contributed by atoms with Gasteiger partial charge in [0.2, 0.25) is 0 Å². The number of hydrogen-bond donors (Lipinski definition) is 1. The van der Waals surface area contributed by atoms with Crippen molar-refractivity contribution >= 4 is 34.5 Å². The van der Waals surface area contributed by atoms with Crippen molar-refractivity contribution in [2.24, 2.45) is 5.41 Å². The van der Waals surface area contributed by atoms with Crippen molar-refractivity contribution < 1.29 is 31.9 Å². The summed E-state index contributed by atoms with van der Waals surface area (Å²) in [5.74, 6) is -3.39. The largest absolute Gasteiger partial charge is 0.491 e. The predicted octanol–water partition coefficient (Wildman–Crippen LogP) is 6.02. The average molecular weight is 545 g/mol. The predicted molar refractivity (Wildman–Crippen MR) is 142 cm³/mol. The van der Waals surface area contributed by atoms with Crippen molar-refractivity contribution in [1.82, 2.24) is 0 Å². The fourth-order valence-electron chi connectivity index (χ4n) is 4.66. The van der Waals surface area contributed by atoms with Gasteiger partial charge in [-0.1, -0.05) is 32.0 Å². The number of carbonyl (C=O) groups is 2. The van der Waals surface area contributed by atoms with Crippen LogP contribution in [-0.2, 0) is 16.0 Å². The molecule has 39 heavy (non-hydrogen) atoms. The third-order valence-corrected chi connectivity index (χ3v) is 6.97. The summed E-state index contributed by atoms with van der Waals surface area (Å²) in [5, 5.41) is 3.54. The van der Waals surface area contributed by atoms with E-state index in [1.54, 1.807) is 12.1 Å². The van der Waals surface area contributed by atoms with Crippen LogP contribution in [-0.4, -0.2) is 37.7 Å². The summed E-state index contributed by atoms with van der Waals surface area (Å²) in [6.07, 6.45) is -2.16. The Balaban J connectivity index is 1.47. The number of nitrogens with one attached hydrogen (secondary N) is 1. The molecule has 1 aromatic heterocycles. The molecule has 0 aliphatic carbocycles. The van der Waals surface area contributed by atoms with E-state index in [1.807, 2.05) is 19.1 Å². The first-order chi connectivity index (χ1) is 18.3. The van der Waals surface area contributed by atoms with Crippen LogP contribution in [0, 0.1) is 12.3 Å². The molecular weight excluding hydrogens is 513 g/mol. The van der Waals surface area contributed by atoms with Crippen molar-refractivity contribution in [3.63, 3.8) is 0 Å². The van der Waals surface area contributed by atoms with E-state index in [9.17, 15) is 27.6 Å². The van der Waals surface area contributed by atoms with E-state index in [0.29, 0.717) is 36.2 Å². The molecule has 1 N–H and O–H groups in total. The molecule has 0 bridgehead atoms. The van der Waals surface area contributed by atoms with Crippen LogP contribution < -0.4 is 15.6 Å². The first kappa shape index (κ1) is 28.2. The first-order valence-corrected chi connectivity index (χ1v) is 12.8. The molecule has 0 saturated carbocycles. The van der Waals surface area contributed by atoms with Crippen LogP contribution in [0.4, 0.5) is 24.7 Å². The Morgan fingerprint density at radius 3 is 2.49 bits per heavy atom. The van der Waals surface area contributed by atoms with Gasteiger partial charge in [-0.3, -0.25) is 4.79 Å². The van der Waals surface area contributed by atoms with Crippen molar-refractivity contribution in [2.75, 3.05) is 29.9 Å². The van der Waals surface area contributed by atoms with Crippen molar-refractivity contribution in [3.05, 3.63) is 69.4 Å². The Morgan fingerprint density at radius 1 is 1.10 bits per heavy atom. The molecule has 0 unspecified atom stereocenters. The molecule has 7 nitrogen and oxygen atoms in total. The van der Waals surface area contributed by atoms with Gasteiger partial charge in [0.25, 0.3) is 0 Å². The van der Waals surface area contributed by atoms with Gasteiger partial charge >= 0.3 is 18.1 Å². The monoisotopic (exact) mass is 544 g/mol. The van der Waals surface area contributed by atoms with Gasteiger partial charge in [-0.25, -0.2) is 9.59 Å². The van der Waals surface area contributed by atoms with E-state index in [4.69, 9.17) is 4.42 Å². The number of halogens is 3. The van der Waals surface area contributed by atoms with E-state index in [-0.39, 0.29) is 22.1 Å². The van der Waals surface area contributed by atoms with Crippen LogP contribution in [0.2, 0.25) is 0 Å². The number of esters is 2. The molecule has 0 radical (unpaired) electrons. The number of benzene rings is 2. The highest BCUT2D eigenvalue weighted by atomic mass is 19.4. The lowest BCUT2D eigenvalue weighted by Gasteiger charge is -2.37. The third kappa shape index (κ3) is 6.79. The molecule has 3 aromatic rings. The normalized spacial score (nSPS) is 15.3. The molecule has 4 rings (SSSR count). The van der Waals surface area contributed by atoms with Crippen molar-refractivity contribution in [2.45, 2.75) is 52.6 Å². The van der Waals surface area contributed by atoms with Gasteiger partial charge in [-0.15, -0.1) is 0 Å². The van der Waals surface area contributed by atoms with Crippen LogP contribution in [0.5, 0.6) is 0 Å². The molecular formula is C29H31F3N2O5. The van der Waals surface area contributed by atoms with Gasteiger partial charge in [0.05, 0.1) is 10.9 Å². The summed E-state index contributed by atoms with van der Waals surface area (Å²) in [6.45, 7) is 8.35. The van der Waals surface area contributed by atoms with Crippen LogP contribution in [0.15, 0.2) is 51.7 Å². The maximum Gasteiger partial charge on any atom is 0.491 e. The summed E-state index contributed by atoms with van der Waals surface area (Å²) in [4.78, 5) is 38.3. The fourth-order valence-corrected chi connectivity index (χ4v) is 4.66. The molecule has 10 heteroatoms. The van der Waals surface area contributed by atoms with E-state index >= 15 is 0 Å². The van der Waals surface area contributed by atoms with E-state index in [1.165, 1.54) is 18.2 Å². The number of rotatable bonds is 7. The van der Waals surface area contributed by atoms with Crippen LogP contribution >= 0.6 is 0 Å². The van der Waals surface area contributed by atoms with E-state index < -0.39 is 18.1 Å². The molecule has 2 aromatic carbocycles. The lowest BCUT2D eigenvalue weighted by Crippen LogP contribution is -2.37. The molecule has 0 spiro atoms. The van der Waals surface area contributed by atoms with Crippen LogP contribution in [0.3, 0.4) is 0 Å². The SMILES string of the molecule is Cc1cc(CCCNc2ccccc2C(=O)OC(=O)C(F)(F)F)c2oc(N3CCC(C)(C)CC3)cc(=O)c2c1.